The molecule has 3 rings (SSSR count). The Kier molecular flexibility index (Phi) is 3.65. The van der Waals surface area contributed by atoms with E-state index in [1.807, 2.05) is 0 Å². The van der Waals surface area contributed by atoms with Crippen LogP contribution in [0.2, 0.25) is 0 Å². The minimum atomic E-state index is -3.42. The maximum absolute atomic E-state index is 13.2. The van der Waals surface area contributed by atoms with Crippen LogP contribution in [0.3, 0.4) is 0 Å². The molecular weight excluding hydrogens is 277 g/mol. The van der Waals surface area contributed by atoms with E-state index < -0.39 is 15.7 Å². The zero-order valence-electron chi connectivity index (χ0n) is 11.3. The normalized spacial score (nSPS) is 22.1. The first kappa shape index (κ1) is 13.8. The molecule has 2 aliphatic heterocycles. The van der Waals surface area contributed by atoms with Crippen molar-refractivity contribution in [1.82, 2.24) is 4.90 Å². The van der Waals surface area contributed by atoms with Gasteiger partial charge in [-0.3, -0.25) is 4.90 Å². The minimum absolute atomic E-state index is 0.240. The first-order valence-electron chi connectivity index (χ1n) is 7.05. The molecule has 1 aromatic carbocycles. The topological polar surface area (TPSA) is 37.4 Å². The number of likely N-dealkylation sites (tertiary alicyclic amines) is 1. The predicted molar refractivity (Wildman–Crippen MR) is 76.5 cm³/mol. The lowest BCUT2D eigenvalue weighted by Crippen LogP contribution is -2.28. The van der Waals surface area contributed by atoms with Crippen LogP contribution >= 0.6 is 0 Å². The molecular formula is C15H18FNO2S. The number of rotatable bonds is 2. The molecule has 0 radical (unpaired) electrons. The van der Waals surface area contributed by atoms with Gasteiger partial charge in [-0.25, -0.2) is 12.8 Å². The summed E-state index contributed by atoms with van der Waals surface area (Å²) < 4.78 is 38.1. The summed E-state index contributed by atoms with van der Waals surface area (Å²) in [4.78, 5) is 2.84. The van der Waals surface area contributed by atoms with E-state index in [9.17, 15) is 12.8 Å². The lowest BCUT2D eigenvalue weighted by atomic mass is 10.2. The lowest BCUT2D eigenvalue weighted by molar-refractivity contribution is 0.313. The summed E-state index contributed by atoms with van der Waals surface area (Å²) in [5, 5.41) is 0. The Labute approximate surface area is 119 Å². The van der Waals surface area contributed by atoms with Crippen LogP contribution in [0.15, 0.2) is 28.0 Å². The van der Waals surface area contributed by atoms with Gasteiger partial charge in [-0.1, -0.05) is 12.8 Å². The van der Waals surface area contributed by atoms with Crippen LogP contribution < -0.4 is 0 Å². The average Bonchev–Trinajstić information content (AvgIpc) is 2.60. The highest BCUT2D eigenvalue weighted by Gasteiger charge is 2.30. The van der Waals surface area contributed by atoms with Gasteiger partial charge in [-0.15, -0.1) is 0 Å². The second kappa shape index (κ2) is 5.30. The summed E-state index contributed by atoms with van der Waals surface area (Å²) in [5.74, 6) is -0.397. The smallest absolute Gasteiger partial charge is 0.204 e. The van der Waals surface area contributed by atoms with E-state index in [1.54, 1.807) is 6.08 Å². The molecule has 20 heavy (non-hydrogen) atoms. The standard InChI is InChI=1S/C15H18FNO2S/c16-13-5-6-15-12(9-13)10-14(20(15,18)19)11-17-7-3-1-2-4-8-17/h5-6,9-10H,1-4,7-8,11H2. The number of halogens is 1. The third-order valence-electron chi connectivity index (χ3n) is 4.00. The minimum Gasteiger partial charge on any atom is -0.298 e. The third-order valence-corrected chi connectivity index (χ3v) is 5.89. The summed E-state index contributed by atoms with van der Waals surface area (Å²) >= 11 is 0. The van der Waals surface area contributed by atoms with Crippen molar-refractivity contribution in [1.29, 1.82) is 0 Å². The molecule has 2 heterocycles. The fourth-order valence-electron chi connectivity index (χ4n) is 2.91. The molecule has 0 N–H and O–H groups in total. The molecule has 0 unspecified atom stereocenters. The number of sulfone groups is 1. The summed E-state index contributed by atoms with van der Waals surface area (Å²) in [5.41, 5.74) is 0.481. The van der Waals surface area contributed by atoms with Crippen LogP contribution in [0.4, 0.5) is 4.39 Å². The van der Waals surface area contributed by atoms with Crippen LogP contribution in [0.1, 0.15) is 31.2 Å². The monoisotopic (exact) mass is 295 g/mol. The van der Waals surface area contributed by atoms with Crippen molar-refractivity contribution in [3.05, 3.63) is 34.5 Å². The molecule has 1 saturated heterocycles. The summed E-state index contributed by atoms with van der Waals surface area (Å²) in [6, 6.07) is 3.87. The van der Waals surface area contributed by atoms with Crippen molar-refractivity contribution in [2.45, 2.75) is 30.6 Å². The van der Waals surface area contributed by atoms with Gasteiger partial charge in [0.2, 0.25) is 9.84 Å². The van der Waals surface area contributed by atoms with Gasteiger partial charge in [0.25, 0.3) is 0 Å². The van der Waals surface area contributed by atoms with Crippen molar-refractivity contribution in [2.24, 2.45) is 0 Å². The van der Waals surface area contributed by atoms with E-state index in [0.717, 1.165) is 25.9 Å². The molecule has 108 valence electrons. The van der Waals surface area contributed by atoms with Crippen molar-refractivity contribution >= 4 is 15.9 Å². The Morgan fingerprint density at radius 1 is 1.10 bits per heavy atom. The number of fused-ring (bicyclic) bond motifs is 1. The van der Waals surface area contributed by atoms with Crippen LogP contribution in [0, 0.1) is 5.82 Å². The SMILES string of the molecule is O=S1(=O)C(CN2CCCCCC2)=Cc2cc(F)ccc21. The number of hydrogen-bond donors (Lipinski definition) is 0. The van der Waals surface area contributed by atoms with Gasteiger partial charge in [-0.2, -0.15) is 0 Å². The molecule has 5 heteroatoms. The molecule has 3 nitrogen and oxygen atoms in total. The van der Waals surface area contributed by atoms with Gasteiger partial charge in [0.1, 0.15) is 5.82 Å². The molecule has 0 amide bonds. The van der Waals surface area contributed by atoms with E-state index >= 15 is 0 Å². The zero-order valence-corrected chi connectivity index (χ0v) is 12.1. The molecule has 0 bridgehead atoms. The third kappa shape index (κ3) is 2.52. The fourth-order valence-corrected chi connectivity index (χ4v) is 4.51. The molecule has 0 spiro atoms. The largest absolute Gasteiger partial charge is 0.298 e. The summed E-state index contributed by atoms with van der Waals surface area (Å²) in [7, 11) is -3.42. The van der Waals surface area contributed by atoms with E-state index in [0.29, 0.717) is 17.0 Å². The van der Waals surface area contributed by atoms with Crippen molar-refractivity contribution in [3.63, 3.8) is 0 Å². The Balaban J connectivity index is 1.86. The first-order chi connectivity index (χ1) is 9.57. The van der Waals surface area contributed by atoms with E-state index in [2.05, 4.69) is 4.90 Å². The van der Waals surface area contributed by atoms with Crippen LogP contribution in [-0.4, -0.2) is 33.0 Å². The van der Waals surface area contributed by atoms with E-state index in [1.165, 1.54) is 31.0 Å². The number of nitrogens with zero attached hydrogens (tertiary/aromatic N) is 1. The number of benzene rings is 1. The zero-order chi connectivity index (χ0) is 14.2. The average molecular weight is 295 g/mol. The van der Waals surface area contributed by atoms with Crippen LogP contribution in [0.5, 0.6) is 0 Å². The predicted octanol–water partition coefficient (Wildman–Crippen LogP) is 2.83. The van der Waals surface area contributed by atoms with Crippen LogP contribution in [-0.2, 0) is 9.84 Å². The lowest BCUT2D eigenvalue weighted by Gasteiger charge is -2.19. The van der Waals surface area contributed by atoms with Gasteiger partial charge >= 0.3 is 0 Å². The highest BCUT2D eigenvalue weighted by Crippen LogP contribution is 2.33. The highest BCUT2D eigenvalue weighted by atomic mass is 32.2. The highest BCUT2D eigenvalue weighted by molar-refractivity contribution is 7.95. The molecule has 2 aliphatic rings. The molecule has 1 aromatic rings. The Hall–Kier alpha value is -1.20. The maximum Gasteiger partial charge on any atom is 0.204 e. The summed E-state index contributed by atoms with van der Waals surface area (Å²) in [6.45, 7) is 2.33. The van der Waals surface area contributed by atoms with E-state index in [4.69, 9.17) is 0 Å². The van der Waals surface area contributed by atoms with Gasteiger partial charge in [0, 0.05) is 6.54 Å². The van der Waals surface area contributed by atoms with Crippen LogP contribution in [0.25, 0.3) is 6.08 Å². The Bertz CT molecular complexity index is 644. The van der Waals surface area contributed by atoms with Crippen molar-refractivity contribution in [3.8, 4) is 0 Å². The summed E-state index contributed by atoms with van der Waals surface area (Å²) in [6.07, 6.45) is 6.30. The van der Waals surface area contributed by atoms with Crippen molar-refractivity contribution in [2.75, 3.05) is 19.6 Å². The number of hydrogen-bond acceptors (Lipinski definition) is 3. The second-order valence-electron chi connectivity index (χ2n) is 5.49. The van der Waals surface area contributed by atoms with E-state index in [-0.39, 0.29) is 4.90 Å². The van der Waals surface area contributed by atoms with Gasteiger partial charge in [0.15, 0.2) is 0 Å². The second-order valence-corrected chi connectivity index (χ2v) is 7.46. The molecule has 1 fully saturated rings. The molecule has 0 aliphatic carbocycles. The quantitative estimate of drug-likeness (QED) is 0.787. The molecule has 0 saturated carbocycles. The molecule has 0 aromatic heterocycles. The van der Waals surface area contributed by atoms with Crippen molar-refractivity contribution < 1.29 is 12.8 Å². The maximum atomic E-state index is 13.2. The first-order valence-corrected chi connectivity index (χ1v) is 8.53. The molecule has 0 atom stereocenters. The van der Waals surface area contributed by atoms with Gasteiger partial charge in [0.05, 0.1) is 9.80 Å². The fraction of sp³-hybridized carbons (Fsp3) is 0.467. The Morgan fingerprint density at radius 2 is 1.80 bits per heavy atom. The van der Waals surface area contributed by atoms with Gasteiger partial charge in [-0.05, 0) is 55.8 Å². The van der Waals surface area contributed by atoms with Gasteiger partial charge < -0.3 is 0 Å². The Morgan fingerprint density at radius 3 is 2.50 bits per heavy atom.